The minimum absolute atomic E-state index is 0.186. The maximum absolute atomic E-state index is 11.9. The van der Waals surface area contributed by atoms with E-state index in [1.54, 1.807) is 0 Å². The summed E-state index contributed by atoms with van der Waals surface area (Å²) in [6.45, 7) is 5.65. The Morgan fingerprint density at radius 2 is 1.60 bits per heavy atom. The van der Waals surface area contributed by atoms with Crippen molar-refractivity contribution in [3.8, 4) is 11.3 Å². The van der Waals surface area contributed by atoms with Crippen LogP contribution in [0, 0.1) is 19.3 Å². The lowest BCUT2D eigenvalue weighted by Crippen LogP contribution is -2.54. The fourth-order valence-corrected chi connectivity index (χ4v) is 6.40. The summed E-state index contributed by atoms with van der Waals surface area (Å²) in [5, 5.41) is 16.4. The van der Waals surface area contributed by atoms with E-state index in [1.807, 2.05) is 0 Å². The van der Waals surface area contributed by atoms with E-state index in [1.165, 1.54) is 11.1 Å². The van der Waals surface area contributed by atoms with E-state index >= 15 is 0 Å². The van der Waals surface area contributed by atoms with Gasteiger partial charge in [-0.25, -0.2) is 0 Å². The number of ether oxygens (including phenoxy) is 2. The second kappa shape index (κ2) is 6.41. The highest BCUT2D eigenvalue weighted by atomic mass is 16.7. The van der Waals surface area contributed by atoms with Crippen LogP contribution in [0.4, 0.5) is 0 Å². The summed E-state index contributed by atoms with van der Waals surface area (Å²) in [6.07, 6.45) is 7.82. The number of hydrogen-bond acceptors (Lipinski definition) is 5. The standard InChI is InChI=1S/C25H31NO4/c1-16-4-3-5-17(2)19(16)21-20(22(30-26-21)18-6-7-18)24(27)14-23(15-24)8-10-25(11-9-23)28-12-13-29-25/h3-5,18,27H,6-15H2,1-2H3. The number of aliphatic hydroxyl groups is 1. The SMILES string of the molecule is Cc1cccc(C)c1-c1noc(C2CC2)c1C1(O)CC2(CCC3(CC2)OCCO3)C1. The van der Waals surface area contributed by atoms with E-state index in [4.69, 9.17) is 14.0 Å². The molecule has 0 unspecified atom stereocenters. The van der Waals surface area contributed by atoms with Gasteiger partial charge in [-0.3, -0.25) is 0 Å². The molecular formula is C25H31NO4. The topological polar surface area (TPSA) is 64.7 Å². The van der Waals surface area contributed by atoms with Gasteiger partial charge in [-0.05, 0) is 68.9 Å². The molecule has 3 aliphatic carbocycles. The van der Waals surface area contributed by atoms with Crippen LogP contribution < -0.4 is 0 Å². The molecule has 0 amide bonds. The van der Waals surface area contributed by atoms with Gasteiger partial charge >= 0.3 is 0 Å². The first-order chi connectivity index (χ1) is 14.4. The van der Waals surface area contributed by atoms with Crippen LogP contribution in [0.1, 0.15) is 79.7 Å². The lowest BCUT2D eigenvalue weighted by Gasteiger charge is -2.57. The molecule has 3 saturated carbocycles. The van der Waals surface area contributed by atoms with E-state index < -0.39 is 5.60 Å². The Labute approximate surface area is 177 Å². The van der Waals surface area contributed by atoms with Crippen molar-refractivity contribution in [1.82, 2.24) is 5.16 Å². The molecule has 0 radical (unpaired) electrons. The minimum Gasteiger partial charge on any atom is -0.385 e. The van der Waals surface area contributed by atoms with Crippen molar-refractivity contribution < 1.29 is 19.1 Å². The summed E-state index contributed by atoms with van der Waals surface area (Å²) in [6, 6.07) is 6.31. The Morgan fingerprint density at radius 3 is 2.20 bits per heavy atom. The molecule has 1 aliphatic heterocycles. The summed E-state index contributed by atoms with van der Waals surface area (Å²) < 4.78 is 17.7. The van der Waals surface area contributed by atoms with Crippen molar-refractivity contribution in [3.63, 3.8) is 0 Å². The monoisotopic (exact) mass is 409 g/mol. The highest BCUT2D eigenvalue weighted by Gasteiger charge is 2.60. The Balaban J connectivity index is 1.33. The van der Waals surface area contributed by atoms with Crippen LogP contribution in [0.3, 0.4) is 0 Å². The van der Waals surface area contributed by atoms with Gasteiger partial charge in [-0.2, -0.15) is 0 Å². The molecule has 1 aromatic heterocycles. The zero-order valence-corrected chi connectivity index (χ0v) is 18.0. The molecule has 2 aromatic rings. The zero-order valence-electron chi connectivity index (χ0n) is 18.0. The van der Waals surface area contributed by atoms with E-state index in [9.17, 15) is 5.11 Å². The molecule has 4 fully saturated rings. The Hall–Kier alpha value is -1.69. The molecule has 2 spiro atoms. The smallest absolute Gasteiger partial charge is 0.168 e. The van der Waals surface area contributed by atoms with E-state index in [-0.39, 0.29) is 11.2 Å². The molecule has 0 bridgehead atoms. The number of benzene rings is 1. The summed E-state index contributed by atoms with van der Waals surface area (Å²) in [5.41, 5.74) is 4.66. The number of rotatable bonds is 3. The zero-order chi connectivity index (χ0) is 20.6. The molecule has 6 rings (SSSR count). The van der Waals surface area contributed by atoms with Gasteiger partial charge in [0.05, 0.1) is 24.4 Å². The third kappa shape index (κ3) is 2.82. The lowest BCUT2D eigenvalue weighted by atomic mass is 9.51. The third-order valence-corrected chi connectivity index (χ3v) is 8.07. The lowest BCUT2D eigenvalue weighted by molar-refractivity contribution is -0.226. The molecule has 4 aliphatic rings. The average molecular weight is 410 g/mol. The van der Waals surface area contributed by atoms with Crippen molar-refractivity contribution in [3.05, 3.63) is 40.6 Å². The Morgan fingerprint density at radius 1 is 0.967 bits per heavy atom. The Kier molecular flexibility index (Phi) is 4.07. The van der Waals surface area contributed by atoms with Crippen LogP contribution in [-0.4, -0.2) is 29.3 Å². The minimum atomic E-state index is -0.843. The fraction of sp³-hybridized carbons (Fsp3) is 0.640. The van der Waals surface area contributed by atoms with E-state index in [0.29, 0.717) is 19.1 Å². The molecular weight excluding hydrogens is 378 g/mol. The molecule has 1 aromatic carbocycles. The van der Waals surface area contributed by atoms with Crippen molar-refractivity contribution >= 4 is 0 Å². The molecule has 1 saturated heterocycles. The van der Waals surface area contributed by atoms with Gasteiger partial charge < -0.3 is 19.1 Å². The summed E-state index contributed by atoms with van der Waals surface area (Å²) in [7, 11) is 0. The van der Waals surface area contributed by atoms with Crippen LogP contribution in [0.25, 0.3) is 11.3 Å². The van der Waals surface area contributed by atoms with Gasteiger partial charge in [0.2, 0.25) is 0 Å². The van der Waals surface area contributed by atoms with Crippen LogP contribution in [0.15, 0.2) is 22.7 Å². The maximum Gasteiger partial charge on any atom is 0.168 e. The second-order valence-corrected chi connectivity index (χ2v) is 10.3. The van der Waals surface area contributed by atoms with E-state index in [0.717, 1.165) is 73.9 Å². The van der Waals surface area contributed by atoms with Gasteiger partial charge in [0.1, 0.15) is 11.5 Å². The molecule has 30 heavy (non-hydrogen) atoms. The van der Waals surface area contributed by atoms with Crippen LogP contribution in [0.5, 0.6) is 0 Å². The number of aromatic nitrogens is 1. The highest BCUT2D eigenvalue weighted by molar-refractivity contribution is 5.72. The molecule has 0 atom stereocenters. The van der Waals surface area contributed by atoms with Gasteiger partial charge in [-0.15, -0.1) is 0 Å². The van der Waals surface area contributed by atoms with Crippen LogP contribution >= 0.6 is 0 Å². The number of nitrogens with zero attached hydrogens (tertiary/aromatic N) is 1. The largest absolute Gasteiger partial charge is 0.385 e. The summed E-state index contributed by atoms with van der Waals surface area (Å²) in [4.78, 5) is 0. The summed E-state index contributed by atoms with van der Waals surface area (Å²) >= 11 is 0. The number of hydrogen-bond donors (Lipinski definition) is 1. The van der Waals surface area contributed by atoms with Crippen molar-refractivity contribution in [2.24, 2.45) is 5.41 Å². The predicted molar refractivity (Wildman–Crippen MR) is 112 cm³/mol. The Bertz CT molecular complexity index is 945. The molecule has 2 heterocycles. The normalized spacial score (nSPS) is 26.2. The maximum atomic E-state index is 11.9. The molecule has 5 heteroatoms. The van der Waals surface area contributed by atoms with Gasteiger partial charge in [-0.1, -0.05) is 23.4 Å². The van der Waals surface area contributed by atoms with Crippen molar-refractivity contribution in [1.29, 1.82) is 0 Å². The molecule has 160 valence electrons. The first-order valence-corrected chi connectivity index (χ1v) is 11.5. The quantitative estimate of drug-likeness (QED) is 0.762. The van der Waals surface area contributed by atoms with Crippen molar-refractivity contribution in [2.45, 2.75) is 82.5 Å². The van der Waals surface area contributed by atoms with Crippen LogP contribution in [0.2, 0.25) is 0 Å². The molecule has 1 N–H and O–H groups in total. The predicted octanol–water partition coefficient (Wildman–Crippen LogP) is 5.12. The third-order valence-electron chi connectivity index (χ3n) is 8.07. The van der Waals surface area contributed by atoms with Crippen molar-refractivity contribution in [2.75, 3.05) is 13.2 Å². The first kappa shape index (κ1) is 19.0. The highest BCUT2D eigenvalue weighted by Crippen LogP contribution is 2.65. The number of aryl methyl sites for hydroxylation is 2. The van der Waals surface area contributed by atoms with Crippen LogP contribution in [-0.2, 0) is 15.1 Å². The van der Waals surface area contributed by atoms with E-state index in [2.05, 4.69) is 37.2 Å². The molecule has 5 nitrogen and oxygen atoms in total. The fourth-order valence-electron chi connectivity index (χ4n) is 6.40. The van der Waals surface area contributed by atoms with Gasteiger partial charge in [0.15, 0.2) is 5.79 Å². The second-order valence-electron chi connectivity index (χ2n) is 10.3. The first-order valence-electron chi connectivity index (χ1n) is 11.5. The summed E-state index contributed by atoms with van der Waals surface area (Å²) in [5.74, 6) is 1.000. The average Bonchev–Trinajstić information content (AvgIpc) is 3.28. The van der Waals surface area contributed by atoms with Gasteiger partial charge in [0, 0.05) is 24.3 Å². The van der Waals surface area contributed by atoms with Gasteiger partial charge in [0.25, 0.3) is 0 Å².